The van der Waals surface area contributed by atoms with E-state index >= 15 is 0 Å². The molecule has 82 valence electrons. The quantitative estimate of drug-likeness (QED) is 0.301. The second-order valence-electron chi connectivity index (χ2n) is 3.11. The largest absolute Gasteiger partial charge is 0.397 e. The third kappa shape index (κ3) is 3.77. The van der Waals surface area contributed by atoms with Crippen LogP contribution >= 0.6 is 11.8 Å². The Bertz CT molecular complexity index is 345. The first-order valence-electron chi connectivity index (χ1n) is 4.49. The van der Waals surface area contributed by atoms with Gasteiger partial charge in [0.15, 0.2) is 0 Å². The van der Waals surface area contributed by atoms with Gasteiger partial charge >= 0.3 is 0 Å². The van der Waals surface area contributed by atoms with Crippen molar-refractivity contribution in [2.45, 2.75) is 23.5 Å². The first kappa shape index (κ1) is 11.8. The van der Waals surface area contributed by atoms with Gasteiger partial charge in [0.25, 0.3) is 0 Å². The number of hydrogen-bond acceptors (Lipinski definition) is 5. The van der Waals surface area contributed by atoms with Crippen molar-refractivity contribution in [1.29, 1.82) is 0 Å². The number of carbonyl (C=O) groups is 1. The molecule has 0 aliphatic rings. The van der Waals surface area contributed by atoms with Gasteiger partial charge in [0.1, 0.15) is 0 Å². The maximum absolute atomic E-state index is 11.0. The molecule has 0 radical (unpaired) electrons. The van der Waals surface area contributed by atoms with E-state index in [1.165, 1.54) is 11.8 Å². The smallest absolute Gasteiger partial charge is 0.234 e. The molecule has 0 aromatic carbocycles. The molecule has 0 spiro atoms. The Morgan fingerprint density at radius 1 is 1.73 bits per heavy atom. The molecule has 0 aliphatic heterocycles. The minimum absolute atomic E-state index is 0.123. The highest BCUT2D eigenvalue weighted by Gasteiger charge is 2.10. The van der Waals surface area contributed by atoms with Crippen LogP contribution in [0.3, 0.4) is 0 Å². The molecule has 0 aliphatic carbocycles. The van der Waals surface area contributed by atoms with Crippen molar-refractivity contribution in [2.24, 2.45) is 5.84 Å². The van der Waals surface area contributed by atoms with E-state index in [1.54, 1.807) is 12.4 Å². The van der Waals surface area contributed by atoms with Gasteiger partial charge in [-0.3, -0.25) is 15.2 Å². The van der Waals surface area contributed by atoms with Gasteiger partial charge in [0.2, 0.25) is 5.91 Å². The van der Waals surface area contributed by atoms with Crippen molar-refractivity contribution >= 4 is 23.4 Å². The monoisotopic (exact) mass is 226 g/mol. The van der Waals surface area contributed by atoms with E-state index in [0.717, 1.165) is 4.90 Å². The fourth-order valence-corrected chi connectivity index (χ4v) is 2.08. The van der Waals surface area contributed by atoms with Gasteiger partial charge in [-0.25, -0.2) is 5.84 Å². The Morgan fingerprint density at radius 3 is 3.07 bits per heavy atom. The Labute approximate surface area is 92.6 Å². The third-order valence-corrected chi connectivity index (χ3v) is 2.97. The number of nitrogens with one attached hydrogen (secondary N) is 1. The summed E-state index contributed by atoms with van der Waals surface area (Å²) in [6, 6.07) is 1.83. The highest BCUT2D eigenvalue weighted by atomic mass is 32.2. The van der Waals surface area contributed by atoms with Gasteiger partial charge in [0, 0.05) is 22.8 Å². The first-order valence-corrected chi connectivity index (χ1v) is 5.37. The zero-order chi connectivity index (χ0) is 11.3. The number of aromatic nitrogens is 1. The maximum Gasteiger partial charge on any atom is 0.234 e. The molecule has 0 bridgehead atoms. The summed E-state index contributed by atoms with van der Waals surface area (Å²) in [5.41, 5.74) is 8.45. The minimum Gasteiger partial charge on any atom is -0.397 e. The Kier molecular flexibility index (Phi) is 4.38. The molecule has 1 heterocycles. The number of nitrogens with zero attached hydrogens (tertiary/aromatic N) is 1. The molecule has 1 unspecified atom stereocenters. The van der Waals surface area contributed by atoms with E-state index in [9.17, 15) is 4.79 Å². The minimum atomic E-state index is -0.178. The Morgan fingerprint density at radius 2 is 2.47 bits per heavy atom. The number of rotatable bonds is 4. The summed E-state index contributed by atoms with van der Waals surface area (Å²) >= 11 is 1.53. The van der Waals surface area contributed by atoms with Gasteiger partial charge in [-0.05, 0) is 6.07 Å². The molecular weight excluding hydrogens is 212 g/mol. The van der Waals surface area contributed by atoms with Crippen LogP contribution in [0.1, 0.15) is 13.3 Å². The molecule has 1 rings (SSSR count). The second-order valence-corrected chi connectivity index (χ2v) is 4.59. The predicted molar refractivity (Wildman–Crippen MR) is 60.9 cm³/mol. The lowest BCUT2D eigenvalue weighted by Gasteiger charge is -2.11. The highest BCUT2D eigenvalue weighted by Crippen LogP contribution is 2.28. The predicted octanol–water partition coefficient (Wildman–Crippen LogP) is 0.524. The summed E-state index contributed by atoms with van der Waals surface area (Å²) < 4.78 is 0. The van der Waals surface area contributed by atoms with Crippen molar-refractivity contribution < 1.29 is 4.79 Å². The van der Waals surface area contributed by atoms with Crippen LogP contribution < -0.4 is 17.0 Å². The molecule has 1 aromatic heterocycles. The van der Waals surface area contributed by atoms with Gasteiger partial charge < -0.3 is 5.73 Å². The van der Waals surface area contributed by atoms with Crippen LogP contribution in [0.2, 0.25) is 0 Å². The number of carbonyl (C=O) groups excluding carboxylic acids is 1. The van der Waals surface area contributed by atoms with Crippen LogP contribution in [-0.4, -0.2) is 16.1 Å². The summed E-state index contributed by atoms with van der Waals surface area (Å²) in [5, 5.41) is 0.123. The number of nitrogens with two attached hydrogens (primary N) is 2. The standard InChI is InChI=1S/C9H14N4OS/c1-6(4-9(14)13-11)15-8-2-3-12-5-7(8)10/h2-3,5-6H,4,10-11H2,1H3,(H,13,14). The molecule has 0 saturated heterocycles. The number of nitrogen functional groups attached to an aromatic ring is 1. The lowest BCUT2D eigenvalue weighted by Crippen LogP contribution is -2.31. The number of pyridine rings is 1. The van der Waals surface area contributed by atoms with E-state index < -0.39 is 0 Å². The highest BCUT2D eigenvalue weighted by molar-refractivity contribution is 8.00. The van der Waals surface area contributed by atoms with Crippen LogP contribution in [0.15, 0.2) is 23.4 Å². The second kappa shape index (κ2) is 5.57. The first-order chi connectivity index (χ1) is 7.13. The molecule has 1 aromatic rings. The van der Waals surface area contributed by atoms with Crippen molar-refractivity contribution in [3.05, 3.63) is 18.5 Å². The summed E-state index contributed by atoms with van der Waals surface area (Å²) in [5.74, 6) is 4.82. The van der Waals surface area contributed by atoms with Crippen LogP contribution in [0, 0.1) is 0 Å². The number of anilines is 1. The van der Waals surface area contributed by atoms with E-state index in [2.05, 4.69) is 10.4 Å². The zero-order valence-electron chi connectivity index (χ0n) is 8.43. The number of amides is 1. The number of thioether (sulfide) groups is 1. The number of hydrazine groups is 1. The fourth-order valence-electron chi connectivity index (χ4n) is 1.08. The zero-order valence-corrected chi connectivity index (χ0v) is 9.25. The van der Waals surface area contributed by atoms with E-state index in [0.29, 0.717) is 12.1 Å². The lowest BCUT2D eigenvalue weighted by atomic mass is 10.3. The van der Waals surface area contributed by atoms with Crippen LogP contribution in [0.5, 0.6) is 0 Å². The SMILES string of the molecule is CC(CC(=O)NN)Sc1ccncc1N. The topological polar surface area (TPSA) is 94.0 Å². The molecule has 15 heavy (non-hydrogen) atoms. The van der Waals surface area contributed by atoms with Crippen molar-refractivity contribution in [3.63, 3.8) is 0 Å². The van der Waals surface area contributed by atoms with Crippen LogP contribution in [-0.2, 0) is 4.79 Å². The normalized spacial score (nSPS) is 12.1. The summed E-state index contributed by atoms with van der Waals surface area (Å²) in [6.07, 6.45) is 3.63. The van der Waals surface area contributed by atoms with Crippen LogP contribution in [0.4, 0.5) is 5.69 Å². The fraction of sp³-hybridized carbons (Fsp3) is 0.333. The molecule has 5 nitrogen and oxygen atoms in total. The molecule has 1 atom stereocenters. The van der Waals surface area contributed by atoms with E-state index in [-0.39, 0.29) is 11.2 Å². The summed E-state index contributed by atoms with van der Waals surface area (Å²) in [7, 11) is 0. The van der Waals surface area contributed by atoms with Crippen molar-refractivity contribution in [2.75, 3.05) is 5.73 Å². The van der Waals surface area contributed by atoms with Crippen molar-refractivity contribution in [3.8, 4) is 0 Å². The third-order valence-electron chi connectivity index (χ3n) is 1.77. The molecule has 0 fully saturated rings. The molecular formula is C9H14N4OS. The Balaban J connectivity index is 2.55. The summed E-state index contributed by atoms with van der Waals surface area (Å²) in [4.78, 5) is 15.8. The van der Waals surface area contributed by atoms with E-state index in [1.807, 2.05) is 13.0 Å². The maximum atomic E-state index is 11.0. The van der Waals surface area contributed by atoms with Crippen molar-refractivity contribution in [1.82, 2.24) is 10.4 Å². The Hall–Kier alpha value is -1.27. The molecule has 5 N–H and O–H groups in total. The van der Waals surface area contributed by atoms with Crippen LogP contribution in [0.25, 0.3) is 0 Å². The molecule has 0 saturated carbocycles. The molecule has 6 heteroatoms. The van der Waals surface area contributed by atoms with Gasteiger partial charge in [-0.15, -0.1) is 11.8 Å². The average Bonchev–Trinajstić information content (AvgIpc) is 2.21. The van der Waals surface area contributed by atoms with E-state index in [4.69, 9.17) is 11.6 Å². The van der Waals surface area contributed by atoms with Gasteiger partial charge in [-0.2, -0.15) is 0 Å². The van der Waals surface area contributed by atoms with Gasteiger partial charge in [-0.1, -0.05) is 6.92 Å². The molecule has 1 amide bonds. The summed E-state index contributed by atoms with van der Waals surface area (Å²) in [6.45, 7) is 1.94. The lowest BCUT2D eigenvalue weighted by molar-refractivity contribution is -0.121. The number of hydrogen-bond donors (Lipinski definition) is 3. The average molecular weight is 226 g/mol. The van der Waals surface area contributed by atoms with Gasteiger partial charge in [0.05, 0.1) is 11.9 Å².